The summed E-state index contributed by atoms with van der Waals surface area (Å²) in [7, 11) is 1.12. The average molecular weight is 910 g/mol. The van der Waals surface area contributed by atoms with E-state index in [-0.39, 0.29) is 38.3 Å². The summed E-state index contributed by atoms with van der Waals surface area (Å²) in [5, 5.41) is 0. The number of phosphoric ester groups is 1. The average Bonchev–Trinajstić information content (AvgIpc) is 3.99. The third-order valence-corrected chi connectivity index (χ3v) is 12.6. The molecular formula is C52H96NO9P. The number of hydrogen-bond donors (Lipinski definition) is 0. The van der Waals surface area contributed by atoms with Gasteiger partial charge in [0, 0.05) is 12.8 Å². The summed E-state index contributed by atoms with van der Waals surface area (Å²) in [6.45, 7) is 4.14. The minimum Gasteiger partial charge on any atom is -0.756 e. The lowest BCUT2D eigenvalue weighted by Crippen LogP contribution is -2.37. The number of hydrogen-bond acceptors (Lipinski definition) is 9. The highest BCUT2D eigenvalue weighted by Crippen LogP contribution is 2.38. The van der Waals surface area contributed by atoms with Crippen molar-refractivity contribution in [2.24, 2.45) is 0 Å². The number of esters is 2. The van der Waals surface area contributed by atoms with Gasteiger partial charge >= 0.3 is 11.9 Å². The van der Waals surface area contributed by atoms with Crippen LogP contribution in [-0.2, 0) is 37.4 Å². The first-order chi connectivity index (χ1) is 30.5. The van der Waals surface area contributed by atoms with Gasteiger partial charge in [0.15, 0.2) is 6.10 Å². The molecule has 3 unspecified atom stereocenters. The minimum absolute atomic E-state index is 0.0442. The van der Waals surface area contributed by atoms with Crippen LogP contribution in [0.25, 0.3) is 0 Å². The van der Waals surface area contributed by atoms with Gasteiger partial charge in [0.1, 0.15) is 19.8 Å². The number of rotatable bonds is 46. The van der Waals surface area contributed by atoms with E-state index in [1.807, 2.05) is 21.1 Å². The van der Waals surface area contributed by atoms with E-state index in [4.69, 9.17) is 23.3 Å². The number of phosphoric acid groups is 1. The molecule has 63 heavy (non-hydrogen) atoms. The smallest absolute Gasteiger partial charge is 0.306 e. The summed E-state index contributed by atoms with van der Waals surface area (Å²) in [5.41, 5.74) is 0. The highest BCUT2D eigenvalue weighted by molar-refractivity contribution is 7.45. The van der Waals surface area contributed by atoms with Crippen molar-refractivity contribution in [3.05, 3.63) is 36.5 Å². The van der Waals surface area contributed by atoms with Crippen LogP contribution in [0.1, 0.15) is 219 Å². The van der Waals surface area contributed by atoms with Crippen LogP contribution >= 0.6 is 7.82 Å². The normalized spacial score (nSPS) is 16.9. The Hall–Kier alpha value is -1.81. The van der Waals surface area contributed by atoms with Gasteiger partial charge in [-0.25, -0.2) is 0 Å². The van der Waals surface area contributed by atoms with Gasteiger partial charge in [-0.2, -0.15) is 0 Å². The number of unbranched alkanes of at least 4 members (excludes halogenated alkanes) is 23. The summed E-state index contributed by atoms with van der Waals surface area (Å²) in [6, 6.07) is 0. The molecule has 1 saturated heterocycles. The molecule has 1 fully saturated rings. The Morgan fingerprint density at radius 2 is 1.06 bits per heavy atom. The zero-order valence-corrected chi connectivity index (χ0v) is 42.1. The molecule has 368 valence electrons. The fraction of sp³-hybridized carbons (Fsp3) is 0.846. The van der Waals surface area contributed by atoms with Gasteiger partial charge in [0.05, 0.1) is 40.0 Å². The number of carbonyl (C=O) groups is 2. The van der Waals surface area contributed by atoms with Crippen molar-refractivity contribution in [1.29, 1.82) is 0 Å². The van der Waals surface area contributed by atoms with Crippen molar-refractivity contribution >= 4 is 19.8 Å². The van der Waals surface area contributed by atoms with Crippen molar-refractivity contribution in [2.45, 2.75) is 238 Å². The van der Waals surface area contributed by atoms with E-state index in [1.165, 1.54) is 135 Å². The van der Waals surface area contributed by atoms with E-state index < -0.39 is 32.5 Å². The topological polar surface area (TPSA) is 124 Å². The van der Waals surface area contributed by atoms with Crippen LogP contribution in [0.3, 0.4) is 0 Å². The second-order valence-corrected chi connectivity index (χ2v) is 20.3. The molecule has 0 spiro atoms. The molecule has 0 aromatic heterocycles. The third-order valence-electron chi connectivity index (χ3n) is 11.6. The summed E-state index contributed by atoms with van der Waals surface area (Å²) >= 11 is 0. The van der Waals surface area contributed by atoms with Gasteiger partial charge < -0.3 is 32.6 Å². The molecule has 0 aromatic carbocycles. The maximum absolute atomic E-state index is 12.8. The summed E-state index contributed by atoms with van der Waals surface area (Å²) in [5.74, 6) is -0.902. The maximum atomic E-state index is 12.8. The molecule has 0 amide bonds. The quantitative estimate of drug-likeness (QED) is 0.0147. The van der Waals surface area contributed by atoms with Crippen LogP contribution in [0.5, 0.6) is 0 Å². The van der Waals surface area contributed by atoms with Crippen molar-refractivity contribution in [3.8, 4) is 0 Å². The summed E-state index contributed by atoms with van der Waals surface area (Å²) in [6.07, 6.45) is 49.1. The minimum atomic E-state index is -4.65. The molecule has 0 aromatic rings. The number of nitrogens with zero attached hydrogens (tertiary/aromatic N) is 1. The molecule has 0 N–H and O–H groups in total. The molecular weight excluding hydrogens is 814 g/mol. The Morgan fingerprint density at radius 3 is 1.60 bits per heavy atom. The third kappa shape index (κ3) is 41.4. The van der Waals surface area contributed by atoms with Crippen LogP contribution in [0.15, 0.2) is 36.5 Å². The lowest BCUT2D eigenvalue weighted by atomic mass is 10.0. The standard InChI is InChI=1S/C52H96NO9P/c1-6-8-10-12-14-16-18-20-21-22-23-24-25-26-27-28-30-32-34-36-38-42-51(54)58-46-48(47-60-63(56,57)59-45-44-53(3,4)5)61-52(55)43-39-41-50-49(62-50)40-37-35-33-31-29-19-17-15-13-11-9-7-2/h15,17,29,31,35,37,48-50H,6-14,16,18-28,30,32-34,36,38-47H2,1-5H3/b17-15-,31-29-,37-35-/t48-,49?,50?/m1/s1. The van der Waals surface area contributed by atoms with Gasteiger partial charge in [-0.1, -0.05) is 192 Å². The number of carbonyl (C=O) groups excluding carboxylic acids is 2. The van der Waals surface area contributed by atoms with Crippen molar-refractivity contribution in [1.82, 2.24) is 0 Å². The summed E-state index contributed by atoms with van der Waals surface area (Å²) in [4.78, 5) is 37.8. The van der Waals surface area contributed by atoms with E-state index in [0.717, 1.165) is 51.4 Å². The largest absolute Gasteiger partial charge is 0.756 e. The lowest BCUT2D eigenvalue weighted by molar-refractivity contribution is -0.870. The first-order valence-electron chi connectivity index (χ1n) is 25.8. The highest BCUT2D eigenvalue weighted by atomic mass is 31.2. The number of epoxide rings is 1. The number of quaternary nitrogens is 1. The second-order valence-electron chi connectivity index (χ2n) is 18.9. The van der Waals surface area contributed by atoms with Gasteiger partial charge in [-0.3, -0.25) is 14.2 Å². The van der Waals surface area contributed by atoms with E-state index >= 15 is 0 Å². The zero-order valence-electron chi connectivity index (χ0n) is 41.2. The van der Waals surface area contributed by atoms with Gasteiger partial charge in [-0.15, -0.1) is 0 Å². The maximum Gasteiger partial charge on any atom is 0.306 e. The molecule has 1 aliphatic rings. The lowest BCUT2D eigenvalue weighted by Gasteiger charge is -2.28. The Balaban J connectivity index is 2.24. The number of ether oxygens (including phenoxy) is 3. The first-order valence-corrected chi connectivity index (χ1v) is 27.3. The van der Waals surface area contributed by atoms with Crippen LogP contribution in [-0.4, -0.2) is 82.2 Å². The Kier molecular flexibility index (Phi) is 38.0. The van der Waals surface area contributed by atoms with E-state index in [1.54, 1.807) is 0 Å². The van der Waals surface area contributed by atoms with E-state index in [2.05, 4.69) is 50.3 Å². The fourth-order valence-electron chi connectivity index (χ4n) is 7.45. The molecule has 0 radical (unpaired) electrons. The van der Waals surface area contributed by atoms with Crippen molar-refractivity contribution < 1.29 is 46.8 Å². The number of allylic oxidation sites excluding steroid dienone is 5. The van der Waals surface area contributed by atoms with Crippen molar-refractivity contribution in [2.75, 3.05) is 47.5 Å². The zero-order chi connectivity index (χ0) is 46.1. The van der Waals surface area contributed by atoms with Crippen LogP contribution in [0.4, 0.5) is 0 Å². The van der Waals surface area contributed by atoms with Gasteiger partial charge in [-0.05, 0) is 51.4 Å². The molecule has 0 aliphatic carbocycles. The molecule has 10 nitrogen and oxygen atoms in total. The SMILES string of the molecule is CCCCC/C=C\C/C=C\C/C=C\CC1OC1CCCC(=O)O[C@H](COC(=O)CCCCCCCCCCCCCCCCCCCCCCC)COP(=O)([O-])OCC[N+](C)(C)C. The van der Waals surface area contributed by atoms with Crippen LogP contribution in [0.2, 0.25) is 0 Å². The Morgan fingerprint density at radius 1 is 0.587 bits per heavy atom. The number of likely N-dealkylation sites (N-methyl/N-ethyl adjacent to an activating group) is 1. The Bertz CT molecular complexity index is 1230. The molecule has 1 heterocycles. The van der Waals surface area contributed by atoms with Gasteiger partial charge in [0.2, 0.25) is 0 Å². The highest BCUT2D eigenvalue weighted by Gasteiger charge is 2.36. The van der Waals surface area contributed by atoms with Crippen LogP contribution < -0.4 is 4.89 Å². The first kappa shape index (κ1) is 59.2. The van der Waals surface area contributed by atoms with E-state index in [0.29, 0.717) is 17.4 Å². The van der Waals surface area contributed by atoms with Crippen molar-refractivity contribution in [3.63, 3.8) is 0 Å². The monoisotopic (exact) mass is 910 g/mol. The molecule has 0 bridgehead atoms. The Labute approximate surface area is 386 Å². The fourth-order valence-corrected chi connectivity index (χ4v) is 8.18. The predicted molar refractivity (Wildman–Crippen MR) is 258 cm³/mol. The molecule has 4 atom stereocenters. The van der Waals surface area contributed by atoms with E-state index in [9.17, 15) is 19.0 Å². The molecule has 1 aliphatic heterocycles. The van der Waals surface area contributed by atoms with Gasteiger partial charge in [0.25, 0.3) is 7.82 Å². The van der Waals surface area contributed by atoms with Crippen LogP contribution in [0, 0.1) is 0 Å². The summed E-state index contributed by atoms with van der Waals surface area (Å²) < 4.78 is 39.8. The molecule has 0 saturated carbocycles. The second kappa shape index (κ2) is 40.5. The molecule has 1 rings (SSSR count). The molecule has 11 heteroatoms. The predicted octanol–water partition coefficient (Wildman–Crippen LogP) is 13.6.